The van der Waals surface area contributed by atoms with Gasteiger partial charge in [-0.3, -0.25) is 13.9 Å². The number of anilines is 2. The Balaban J connectivity index is 1.66. The van der Waals surface area contributed by atoms with Gasteiger partial charge in [0.25, 0.3) is 10.0 Å². The van der Waals surface area contributed by atoms with E-state index < -0.39 is 10.0 Å². The van der Waals surface area contributed by atoms with Crippen LogP contribution in [0.25, 0.3) is 11.1 Å². The summed E-state index contributed by atoms with van der Waals surface area (Å²) in [6, 6.07) is 12.2. The molecule has 0 aliphatic carbocycles. The standard InChI is InChI=1S/C23H22N4O5S/c1-14-22(23-24-20(28)9-10-21(29)27(23)25-14)16-7-8-18(32-2)19(13-16)33(30,31)26-12-11-15-5-3-4-6-17(15)26/h3-8,13H,9-12H2,1-2H3,(H,24,28). The molecule has 2 aliphatic rings. The number of methoxy groups -OCH3 is 1. The molecular formula is C23H22N4O5S. The quantitative estimate of drug-likeness (QED) is 0.633. The highest BCUT2D eigenvalue weighted by molar-refractivity contribution is 7.93. The first-order chi connectivity index (χ1) is 15.8. The molecule has 0 atom stereocenters. The van der Waals surface area contributed by atoms with Crippen LogP contribution in [0.5, 0.6) is 5.75 Å². The van der Waals surface area contributed by atoms with Crippen molar-refractivity contribution in [2.75, 3.05) is 23.3 Å². The predicted octanol–water partition coefficient (Wildman–Crippen LogP) is 2.99. The van der Waals surface area contributed by atoms with Gasteiger partial charge in [-0.1, -0.05) is 24.3 Å². The van der Waals surface area contributed by atoms with Crippen molar-refractivity contribution < 1.29 is 22.7 Å². The lowest BCUT2D eigenvalue weighted by Gasteiger charge is -2.21. The lowest BCUT2D eigenvalue weighted by molar-refractivity contribution is -0.116. The molecule has 0 spiro atoms. The van der Waals surface area contributed by atoms with E-state index in [1.807, 2.05) is 18.2 Å². The number of carbonyl (C=O) groups excluding carboxylic acids is 2. The number of nitrogens with one attached hydrogen (secondary N) is 1. The van der Waals surface area contributed by atoms with Crippen molar-refractivity contribution in [2.45, 2.75) is 31.1 Å². The highest BCUT2D eigenvalue weighted by Crippen LogP contribution is 2.40. The first-order valence-corrected chi connectivity index (χ1v) is 12.0. The lowest BCUT2D eigenvalue weighted by Crippen LogP contribution is -2.29. The van der Waals surface area contributed by atoms with Crippen molar-refractivity contribution in [3.63, 3.8) is 0 Å². The fraction of sp³-hybridized carbons (Fsp3) is 0.261. The first kappa shape index (κ1) is 21.2. The maximum atomic E-state index is 13.7. The third-order valence-corrected chi connectivity index (χ3v) is 7.82. The maximum Gasteiger partial charge on any atom is 0.268 e. The van der Waals surface area contributed by atoms with Crippen LogP contribution in [0, 0.1) is 6.92 Å². The van der Waals surface area contributed by atoms with E-state index in [1.165, 1.54) is 22.2 Å². The average molecular weight is 467 g/mol. The van der Waals surface area contributed by atoms with E-state index in [2.05, 4.69) is 10.4 Å². The van der Waals surface area contributed by atoms with Gasteiger partial charge in [0.1, 0.15) is 16.5 Å². The van der Waals surface area contributed by atoms with Crippen LogP contribution in [0.3, 0.4) is 0 Å². The van der Waals surface area contributed by atoms with Crippen LogP contribution in [0.15, 0.2) is 47.4 Å². The molecule has 2 aromatic carbocycles. The minimum atomic E-state index is -3.94. The van der Waals surface area contributed by atoms with Crippen LogP contribution in [0.2, 0.25) is 0 Å². The van der Waals surface area contributed by atoms with Crippen molar-refractivity contribution in [1.82, 2.24) is 9.78 Å². The number of nitrogens with zero attached hydrogens (tertiary/aromatic N) is 3. The number of sulfonamides is 1. The summed E-state index contributed by atoms with van der Waals surface area (Å²) in [5.41, 5.74) is 3.13. The van der Waals surface area contributed by atoms with Crippen LogP contribution < -0.4 is 14.4 Å². The molecule has 2 aliphatic heterocycles. The highest BCUT2D eigenvalue weighted by Gasteiger charge is 2.34. The van der Waals surface area contributed by atoms with E-state index in [9.17, 15) is 18.0 Å². The molecule has 5 rings (SSSR count). The summed E-state index contributed by atoms with van der Waals surface area (Å²) in [5.74, 6) is -0.134. The second kappa shape index (κ2) is 7.73. The molecule has 0 radical (unpaired) electrons. The highest BCUT2D eigenvalue weighted by atomic mass is 32.2. The van der Waals surface area contributed by atoms with E-state index in [1.54, 1.807) is 25.1 Å². The third-order valence-electron chi connectivity index (χ3n) is 5.99. The summed E-state index contributed by atoms with van der Waals surface area (Å²) < 4.78 is 35.4. The van der Waals surface area contributed by atoms with E-state index in [0.717, 1.165) is 5.56 Å². The molecule has 3 heterocycles. The molecule has 10 heteroatoms. The SMILES string of the molecule is COc1ccc(-c2c(C)nn3c2NC(=O)CCC3=O)cc1S(=O)(=O)N1CCc2ccccc21. The molecule has 0 fully saturated rings. The number of carbonyl (C=O) groups is 2. The Bertz CT molecular complexity index is 1410. The minimum Gasteiger partial charge on any atom is -0.495 e. The molecule has 0 unspecified atom stereocenters. The number of para-hydroxylation sites is 1. The Kier molecular flexibility index (Phi) is 4.97. The first-order valence-electron chi connectivity index (χ1n) is 10.5. The summed E-state index contributed by atoms with van der Waals surface area (Å²) in [4.78, 5) is 24.6. The summed E-state index contributed by atoms with van der Waals surface area (Å²) in [7, 11) is -2.53. The Morgan fingerprint density at radius 3 is 2.64 bits per heavy atom. The molecule has 170 valence electrons. The second-order valence-electron chi connectivity index (χ2n) is 7.98. The number of aryl methyl sites for hydroxylation is 1. The van der Waals surface area contributed by atoms with Gasteiger partial charge >= 0.3 is 0 Å². The zero-order valence-corrected chi connectivity index (χ0v) is 19.0. The monoisotopic (exact) mass is 466 g/mol. The van der Waals surface area contributed by atoms with Crippen LogP contribution in [-0.2, 0) is 21.2 Å². The summed E-state index contributed by atoms with van der Waals surface area (Å²) in [6.07, 6.45) is 0.745. The zero-order chi connectivity index (χ0) is 23.3. The minimum absolute atomic E-state index is 0.00447. The van der Waals surface area contributed by atoms with Crippen molar-refractivity contribution in [1.29, 1.82) is 0 Å². The molecule has 1 aromatic heterocycles. The summed E-state index contributed by atoms with van der Waals surface area (Å²) in [5, 5.41) is 7.05. The molecular weight excluding hydrogens is 444 g/mol. The molecule has 0 bridgehead atoms. The molecule has 9 nitrogen and oxygen atoms in total. The fourth-order valence-corrected chi connectivity index (χ4v) is 6.09. The van der Waals surface area contributed by atoms with Crippen molar-refractivity contribution in [3.8, 4) is 16.9 Å². The fourth-order valence-electron chi connectivity index (χ4n) is 4.40. The number of rotatable bonds is 4. The molecule has 1 N–H and O–H groups in total. The number of benzene rings is 2. The van der Waals surface area contributed by atoms with Crippen LogP contribution in [0.4, 0.5) is 11.5 Å². The molecule has 3 aromatic rings. The van der Waals surface area contributed by atoms with Crippen molar-refractivity contribution in [3.05, 3.63) is 53.7 Å². The van der Waals surface area contributed by atoms with Gasteiger partial charge in [-0.15, -0.1) is 0 Å². The Hall–Kier alpha value is -3.66. The number of hydrogen-bond donors (Lipinski definition) is 1. The molecule has 33 heavy (non-hydrogen) atoms. The molecule has 1 amide bonds. The Morgan fingerprint density at radius 2 is 1.85 bits per heavy atom. The van der Waals surface area contributed by atoms with Gasteiger partial charge in [-0.25, -0.2) is 8.42 Å². The Labute approximate surface area is 191 Å². The Morgan fingerprint density at radius 1 is 1.06 bits per heavy atom. The maximum absolute atomic E-state index is 13.7. The largest absolute Gasteiger partial charge is 0.495 e. The van der Waals surface area contributed by atoms with E-state index in [-0.39, 0.29) is 41.1 Å². The number of ether oxygens (including phenoxy) is 1. The van der Waals surface area contributed by atoms with Gasteiger partial charge in [0.2, 0.25) is 11.8 Å². The van der Waals surface area contributed by atoms with Gasteiger partial charge in [-0.2, -0.15) is 9.78 Å². The van der Waals surface area contributed by atoms with E-state index in [0.29, 0.717) is 35.5 Å². The summed E-state index contributed by atoms with van der Waals surface area (Å²) in [6.45, 7) is 2.05. The van der Waals surface area contributed by atoms with E-state index in [4.69, 9.17) is 4.74 Å². The van der Waals surface area contributed by atoms with Crippen LogP contribution in [-0.4, -0.2) is 43.7 Å². The van der Waals surface area contributed by atoms with Crippen LogP contribution >= 0.6 is 0 Å². The summed E-state index contributed by atoms with van der Waals surface area (Å²) >= 11 is 0. The van der Waals surface area contributed by atoms with Crippen molar-refractivity contribution in [2.24, 2.45) is 0 Å². The normalized spacial score (nSPS) is 15.6. The number of amides is 1. The smallest absolute Gasteiger partial charge is 0.268 e. The number of fused-ring (bicyclic) bond motifs is 2. The van der Waals surface area contributed by atoms with Gasteiger partial charge in [0.05, 0.1) is 18.5 Å². The topological polar surface area (TPSA) is 111 Å². The molecule has 0 saturated carbocycles. The van der Waals surface area contributed by atoms with E-state index >= 15 is 0 Å². The number of aromatic nitrogens is 2. The van der Waals surface area contributed by atoms with Gasteiger partial charge < -0.3 is 10.1 Å². The van der Waals surface area contributed by atoms with Gasteiger partial charge in [-0.05, 0) is 42.7 Å². The molecule has 0 saturated heterocycles. The third kappa shape index (κ3) is 3.37. The second-order valence-corrected chi connectivity index (χ2v) is 9.81. The van der Waals surface area contributed by atoms with Gasteiger partial charge in [0.15, 0.2) is 0 Å². The van der Waals surface area contributed by atoms with Crippen molar-refractivity contribution >= 4 is 33.3 Å². The van der Waals surface area contributed by atoms with Gasteiger partial charge in [0, 0.05) is 24.9 Å². The average Bonchev–Trinajstić information content (AvgIpc) is 3.35. The lowest BCUT2D eigenvalue weighted by atomic mass is 10.1. The predicted molar refractivity (Wildman–Crippen MR) is 122 cm³/mol. The number of hydrogen-bond acceptors (Lipinski definition) is 6. The van der Waals surface area contributed by atoms with Crippen LogP contribution in [0.1, 0.15) is 28.9 Å². The zero-order valence-electron chi connectivity index (χ0n) is 18.2.